The number of allylic oxidation sites excluding steroid dienone is 1. The maximum Gasteiger partial charge on any atom is 0.328 e. The van der Waals surface area contributed by atoms with E-state index in [2.05, 4.69) is 13.8 Å². The van der Waals surface area contributed by atoms with Crippen LogP contribution >= 0.6 is 0 Å². The van der Waals surface area contributed by atoms with Gasteiger partial charge in [0, 0.05) is 0 Å². The van der Waals surface area contributed by atoms with Crippen molar-refractivity contribution >= 4 is 11.9 Å². The first kappa shape index (κ1) is 20.6. The summed E-state index contributed by atoms with van der Waals surface area (Å²) in [6.07, 6.45) is 8.70. The number of carboxylic acid groups (broad SMARTS) is 2. The molecule has 0 rings (SSSR count). The molecule has 2 atom stereocenters. The van der Waals surface area contributed by atoms with Crippen LogP contribution in [0, 0.1) is 11.8 Å². The minimum atomic E-state index is -1.83. The zero-order valence-electron chi connectivity index (χ0n) is 14.0. The van der Waals surface area contributed by atoms with Crippen LogP contribution in [0.3, 0.4) is 0 Å². The highest BCUT2D eigenvalue weighted by Crippen LogP contribution is 2.24. The van der Waals surface area contributed by atoms with Crippen LogP contribution in [0.15, 0.2) is 12.2 Å². The summed E-state index contributed by atoms with van der Waals surface area (Å²) in [6, 6.07) is 0. The Bertz CT molecular complexity index is 379. The van der Waals surface area contributed by atoms with Crippen molar-refractivity contribution in [1.29, 1.82) is 0 Å². The molecule has 5 nitrogen and oxygen atoms in total. The van der Waals surface area contributed by atoms with Crippen LogP contribution in [0.5, 0.6) is 0 Å². The lowest BCUT2D eigenvalue weighted by molar-refractivity contribution is -0.153. The Morgan fingerprint density at radius 3 is 2.23 bits per heavy atom. The standard InChI is InChI=1S/C17H31NO4/c1-4-5-11-14(15(19)20)17(18,16(21)22)12-9-7-6-8-10-13(2)3/h9,12-14H,4-8,10-11,18H2,1-3H3,(H,19,20)(H,21,22). The van der Waals surface area contributed by atoms with Crippen LogP contribution < -0.4 is 5.73 Å². The van der Waals surface area contributed by atoms with Crippen molar-refractivity contribution in [3.8, 4) is 0 Å². The quantitative estimate of drug-likeness (QED) is 0.378. The van der Waals surface area contributed by atoms with E-state index in [4.69, 9.17) is 5.73 Å². The third kappa shape index (κ3) is 7.07. The molecule has 0 aromatic rings. The van der Waals surface area contributed by atoms with Gasteiger partial charge < -0.3 is 15.9 Å². The van der Waals surface area contributed by atoms with Crippen molar-refractivity contribution in [2.75, 3.05) is 0 Å². The van der Waals surface area contributed by atoms with E-state index in [1.54, 1.807) is 6.08 Å². The van der Waals surface area contributed by atoms with Gasteiger partial charge in [-0.1, -0.05) is 58.6 Å². The summed E-state index contributed by atoms with van der Waals surface area (Å²) in [4.78, 5) is 22.9. The number of hydrogen-bond donors (Lipinski definition) is 3. The van der Waals surface area contributed by atoms with Crippen LogP contribution in [-0.2, 0) is 9.59 Å². The number of carbonyl (C=O) groups is 2. The predicted octanol–water partition coefficient (Wildman–Crippen LogP) is 3.43. The van der Waals surface area contributed by atoms with Crippen molar-refractivity contribution in [1.82, 2.24) is 0 Å². The monoisotopic (exact) mass is 313 g/mol. The normalized spacial score (nSPS) is 15.9. The van der Waals surface area contributed by atoms with Gasteiger partial charge in [0.25, 0.3) is 0 Å². The highest BCUT2D eigenvalue weighted by atomic mass is 16.4. The second-order valence-corrected chi connectivity index (χ2v) is 6.35. The Kier molecular flexibility index (Phi) is 9.74. The first-order chi connectivity index (χ1) is 10.3. The summed E-state index contributed by atoms with van der Waals surface area (Å²) < 4.78 is 0. The largest absolute Gasteiger partial charge is 0.481 e. The first-order valence-corrected chi connectivity index (χ1v) is 8.18. The lowest BCUT2D eigenvalue weighted by Crippen LogP contribution is -2.55. The summed E-state index contributed by atoms with van der Waals surface area (Å²) in [5.41, 5.74) is 4.09. The summed E-state index contributed by atoms with van der Waals surface area (Å²) in [5.74, 6) is -2.88. The second-order valence-electron chi connectivity index (χ2n) is 6.35. The molecule has 22 heavy (non-hydrogen) atoms. The molecule has 0 bridgehead atoms. The number of hydrogen-bond acceptors (Lipinski definition) is 3. The van der Waals surface area contributed by atoms with E-state index < -0.39 is 23.4 Å². The van der Waals surface area contributed by atoms with Crippen LogP contribution in [0.2, 0.25) is 0 Å². The lowest BCUT2D eigenvalue weighted by atomic mass is 9.80. The summed E-state index contributed by atoms with van der Waals surface area (Å²) in [6.45, 7) is 6.26. The molecule has 0 aliphatic carbocycles. The van der Waals surface area contributed by atoms with E-state index in [0.717, 1.165) is 32.1 Å². The van der Waals surface area contributed by atoms with Gasteiger partial charge in [0.1, 0.15) is 5.54 Å². The molecule has 0 heterocycles. The number of unbranched alkanes of at least 4 members (excludes halogenated alkanes) is 3. The van der Waals surface area contributed by atoms with E-state index in [0.29, 0.717) is 12.3 Å². The van der Waals surface area contributed by atoms with E-state index in [1.165, 1.54) is 6.08 Å². The van der Waals surface area contributed by atoms with Crippen LogP contribution in [0.1, 0.15) is 65.7 Å². The van der Waals surface area contributed by atoms with Crippen LogP contribution in [0.25, 0.3) is 0 Å². The van der Waals surface area contributed by atoms with Gasteiger partial charge in [0.15, 0.2) is 0 Å². The van der Waals surface area contributed by atoms with Gasteiger partial charge in [0.2, 0.25) is 0 Å². The molecule has 0 aliphatic heterocycles. The molecule has 0 radical (unpaired) electrons. The smallest absolute Gasteiger partial charge is 0.328 e. The number of nitrogens with two attached hydrogens (primary N) is 1. The van der Waals surface area contributed by atoms with Crippen molar-refractivity contribution in [3.63, 3.8) is 0 Å². The Hall–Kier alpha value is -1.36. The third-order valence-corrected chi connectivity index (χ3v) is 3.89. The fourth-order valence-electron chi connectivity index (χ4n) is 2.40. The second kappa shape index (κ2) is 10.4. The molecule has 0 aliphatic rings. The van der Waals surface area contributed by atoms with Crippen molar-refractivity contribution < 1.29 is 19.8 Å². The molecular formula is C17H31NO4. The van der Waals surface area contributed by atoms with E-state index >= 15 is 0 Å². The van der Waals surface area contributed by atoms with Crippen molar-refractivity contribution in [2.45, 2.75) is 71.3 Å². The van der Waals surface area contributed by atoms with Gasteiger partial charge in [-0.15, -0.1) is 0 Å². The van der Waals surface area contributed by atoms with Gasteiger partial charge >= 0.3 is 11.9 Å². The summed E-state index contributed by atoms with van der Waals surface area (Å²) in [7, 11) is 0. The van der Waals surface area contributed by atoms with Crippen LogP contribution in [0.4, 0.5) is 0 Å². The van der Waals surface area contributed by atoms with E-state index in [9.17, 15) is 19.8 Å². The fourth-order valence-corrected chi connectivity index (χ4v) is 2.40. The van der Waals surface area contributed by atoms with E-state index in [-0.39, 0.29) is 6.42 Å². The molecule has 0 amide bonds. The lowest BCUT2D eigenvalue weighted by Gasteiger charge is -2.28. The molecule has 0 saturated heterocycles. The molecular weight excluding hydrogens is 282 g/mol. The highest BCUT2D eigenvalue weighted by molar-refractivity contribution is 5.88. The molecule has 4 N–H and O–H groups in total. The topological polar surface area (TPSA) is 101 Å². The maximum atomic E-state index is 11.5. The number of rotatable bonds is 12. The van der Waals surface area contributed by atoms with Gasteiger partial charge in [-0.25, -0.2) is 4.79 Å². The van der Waals surface area contributed by atoms with Gasteiger partial charge in [-0.3, -0.25) is 4.79 Å². The molecule has 128 valence electrons. The average Bonchev–Trinajstić information content (AvgIpc) is 2.42. The van der Waals surface area contributed by atoms with Gasteiger partial charge in [-0.05, 0) is 25.2 Å². The summed E-state index contributed by atoms with van der Waals surface area (Å²) in [5, 5.41) is 18.7. The Labute approximate surface area is 133 Å². The zero-order valence-corrected chi connectivity index (χ0v) is 14.0. The first-order valence-electron chi connectivity index (χ1n) is 8.18. The van der Waals surface area contributed by atoms with Gasteiger partial charge in [0.05, 0.1) is 5.92 Å². The average molecular weight is 313 g/mol. The van der Waals surface area contributed by atoms with E-state index in [1.807, 2.05) is 6.92 Å². The molecule has 0 spiro atoms. The highest BCUT2D eigenvalue weighted by Gasteiger charge is 2.44. The maximum absolute atomic E-state index is 11.5. The number of aliphatic carboxylic acids is 2. The predicted molar refractivity (Wildman–Crippen MR) is 87.7 cm³/mol. The Morgan fingerprint density at radius 1 is 1.14 bits per heavy atom. The zero-order chi connectivity index (χ0) is 17.2. The van der Waals surface area contributed by atoms with Crippen molar-refractivity contribution in [3.05, 3.63) is 12.2 Å². The molecule has 2 unspecified atom stereocenters. The van der Waals surface area contributed by atoms with Gasteiger partial charge in [-0.2, -0.15) is 0 Å². The fraction of sp³-hybridized carbons (Fsp3) is 0.765. The molecule has 0 saturated carbocycles. The third-order valence-electron chi connectivity index (χ3n) is 3.89. The Morgan fingerprint density at radius 2 is 1.77 bits per heavy atom. The SMILES string of the molecule is CCCCC(C(=O)O)C(N)(C=CCCCCC(C)C)C(=O)O. The minimum absolute atomic E-state index is 0.270. The van der Waals surface area contributed by atoms with Crippen molar-refractivity contribution in [2.24, 2.45) is 17.6 Å². The molecule has 5 heteroatoms. The number of carboxylic acids is 2. The molecule has 0 aromatic heterocycles. The molecule has 0 aromatic carbocycles. The van der Waals surface area contributed by atoms with Crippen LogP contribution in [-0.4, -0.2) is 27.7 Å². The molecule has 0 fully saturated rings. The Balaban J connectivity index is 4.77. The minimum Gasteiger partial charge on any atom is -0.481 e. The summed E-state index contributed by atoms with van der Waals surface area (Å²) >= 11 is 0.